The highest BCUT2D eigenvalue weighted by molar-refractivity contribution is 7.16. The molecule has 2 rings (SSSR count). The molecule has 0 bridgehead atoms. The SMILES string of the molecule is Cl.N#Cc1ccc(-c2cccc(CN)c2)s1. The minimum absolute atomic E-state index is 0. The lowest BCUT2D eigenvalue weighted by Crippen LogP contribution is -1.95. The van der Waals surface area contributed by atoms with Crippen molar-refractivity contribution in [2.45, 2.75) is 6.54 Å². The van der Waals surface area contributed by atoms with Crippen LogP contribution in [0.3, 0.4) is 0 Å². The Kier molecular flexibility index (Phi) is 4.51. The maximum atomic E-state index is 8.74. The van der Waals surface area contributed by atoms with Crippen LogP contribution in [0.2, 0.25) is 0 Å². The zero-order valence-corrected chi connectivity index (χ0v) is 10.1. The largest absolute Gasteiger partial charge is 0.326 e. The zero-order chi connectivity index (χ0) is 10.7. The third-order valence-corrected chi connectivity index (χ3v) is 3.20. The number of rotatable bonds is 2. The van der Waals surface area contributed by atoms with Gasteiger partial charge in [0, 0.05) is 11.4 Å². The summed E-state index contributed by atoms with van der Waals surface area (Å²) in [6.07, 6.45) is 0. The van der Waals surface area contributed by atoms with Gasteiger partial charge in [0.1, 0.15) is 10.9 Å². The summed E-state index contributed by atoms with van der Waals surface area (Å²) in [4.78, 5) is 1.85. The lowest BCUT2D eigenvalue weighted by atomic mass is 10.1. The molecular weight excluding hydrogens is 240 g/mol. The van der Waals surface area contributed by atoms with Crippen molar-refractivity contribution in [1.82, 2.24) is 0 Å². The predicted octanol–water partition coefficient (Wildman–Crippen LogP) is 3.17. The minimum atomic E-state index is 0. The molecule has 0 spiro atoms. The Morgan fingerprint density at radius 2 is 2.06 bits per heavy atom. The van der Waals surface area contributed by atoms with E-state index in [0.717, 1.165) is 20.9 Å². The maximum Gasteiger partial charge on any atom is 0.110 e. The first-order chi connectivity index (χ1) is 7.33. The normalized spacial score (nSPS) is 9.25. The van der Waals surface area contributed by atoms with Gasteiger partial charge in [-0.1, -0.05) is 18.2 Å². The van der Waals surface area contributed by atoms with Crippen LogP contribution in [0.15, 0.2) is 36.4 Å². The molecule has 1 aromatic heterocycles. The average Bonchev–Trinajstić information content (AvgIpc) is 2.78. The average molecular weight is 251 g/mol. The van der Waals surface area contributed by atoms with Crippen LogP contribution in [-0.4, -0.2) is 0 Å². The van der Waals surface area contributed by atoms with Crippen molar-refractivity contribution in [1.29, 1.82) is 5.26 Å². The van der Waals surface area contributed by atoms with E-state index in [9.17, 15) is 0 Å². The van der Waals surface area contributed by atoms with Crippen molar-refractivity contribution in [2.24, 2.45) is 5.73 Å². The molecule has 0 atom stereocenters. The molecule has 1 aromatic carbocycles. The highest BCUT2D eigenvalue weighted by Crippen LogP contribution is 2.28. The molecular formula is C12H11ClN2S. The van der Waals surface area contributed by atoms with Crippen LogP contribution in [0, 0.1) is 11.3 Å². The summed E-state index contributed by atoms with van der Waals surface area (Å²) in [6.45, 7) is 0.546. The highest BCUT2D eigenvalue weighted by atomic mass is 35.5. The predicted molar refractivity (Wildman–Crippen MR) is 69.6 cm³/mol. The van der Waals surface area contributed by atoms with E-state index in [0.29, 0.717) is 6.54 Å². The topological polar surface area (TPSA) is 49.8 Å². The molecule has 16 heavy (non-hydrogen) atoms. The number of thiophene rings is 1. The fourth-order valence-corrected chi connectivity index (χ4v) is 2.20. The molecule has 0 amide bonds. The van der Waals surface area contributed by atoms with Gasteiger partial charge >= 0.3 is 0 Å². The summed E-state index contributed by atoms with van der Waals surface area (Å²) in [5.41, 5.74) is 7.82. The lowest BCUT2D eigenvalue weighted by Gasteiger charge is -2.00. The van der Waals surface area contributed by atoms with Crippen LogP contribution in [0.4, 0.5) is 0 Å². The van der Waals surface area contributed by atoms with Crippen molar-refractivity contribution in [3.8, 4) is 16.5 Å². The van der Waals surface area contributed by atoms with Gasteiger partial charge in [0.25, 0.3) is 0 Å². The van der Waals surface area contributed by atoms with Crippen molar-refractivity contribution < 1.29 is 0 Å². The Bertz CT molecular complexity index is 514. The number of halogens is 1. The third kappa shape index (κ3) is 2.61. The number of hydrogen-bond acceptors (Lipinski definition) is 3. The van der Waals surface area contributed by atoms with E-state index < -0.39 is 0 Å². The van der Waals surface area contributed by atoms with Gasteiger partial charge in [0.15, 0.2) is 0 Å². The third-order valence-electron chi connectivity index (χ3n) is 2.16. The maximum absolute atomic E-state index is 8.74. The first-order valence-corrected chi connectivity index (χ1v) is 5.44. The van der Waals surface area contributed by atoms with Gasteiger partial charge in [-0.15, -0.1) is 23.7 Å². The first kappa shape index (κ1) is 12.7. The zero-order valence-electron chi connectivity index (χ0n) is 8.51. The highest BCUT2D eigenvalue weighted by Gasteiger charge is 2.02. The van der Waals surface area contributed by atoms with Gasteiger partial charge in [-0.2, -0.15) is 5.26 Å². The van der Waals surface area contributed by atoms with E-state index in [4.69, 9.17) is 11.0 Å². The summed E-state index contributed by atoms with van der Waals surface area (Å²) in [7, 11) is 0. The van der Waals surface area contributed by atoms with E-state index in [1.807, 2.05) is 30.3 Å². The lowest BCUT2D eigenvalue weighted by molar-refractivity contribution is 1.07. The number of nitriles is 1. The summed E-state index contributed by atoms with van der Waals surface area (Å²) >= 11 is 1.50. The molecule has 4 heteroatoms. The quantitative estimate of drug-likeness (QED) is 0.890. The first-order valence-electron chi connectivity index (χ1n) is 4.63. The summed E-state index contributed by atoms with van der Waals surface area (Å²) in [6, 6.07) is 14.0. The van der Waals surface area contributed by atoms with Gasteiger partial charge < -0.3 is 5.73 Å². The van der Waals surface area contributed by atoms with Gasteiger partial charge in [0.05, 0.1) is 0 Å². The smallest absolute Gasteiger partial charge is 0.110 e. The molecule has 2 nitrogen and oxygen atoms in total. The molecule has 82 valence electrons. The van der Waals surface area contributed by atoms with E-state index in [-0.39, 0.29) is 12.4 Å². The van der Waals surface area contributed by atoms with E-state index in [1.54, 1.807) is 0 Å². The van der Waals surface area contributed by atoms with Crippen LogP contribution in [-0.2, 0) is 6.54 Å². The van der Waals surface area contributed by atoms with Gasteiger partial charge in [-0.05, 0) is 29.3 Å². The molecule has 0 radical (unpaired) electrons. The molecule has 0 aliphatic heterocycles. The van der Waals surface area contributed by atoms with Crippen LogP contribution < -0.4 is 5.73 Å². The monoisotopic (exact) mass is 250 g/mol. The van der Waals surface area contributed by atoms with Crippen LogP contribution in [0.1, 0.15) is 10.4 Å². The second kappa shape index (κ2) is 5.66. The van der Waals surface area contributed by atoms with E-state index in [2.05, 4.69) is 12.1 Å². The molecule has 0 saturated carbocycles. The number of nitrogens with zero attached hydrogens (tertiary/aromatic N) is 1. The van der Waals surface area contributed by atoms with Crippen molar-refractivity contribution >= 4 is 23.7 Å². The Morgan fingerprint density at radius 1 is 1.25 bits per heavy atom. The van der Waals surface area contributed by atoms with Crippen molar-refractivity contribution in [2.75, 3.05) is 0 Å². The Labute approximate surface area is 105 Å². The van der Waals surface area contributed by atoms with Gasteiger partial charge in [-0.3, -0.25) is 0 Å². The van der Waals surface area contributed by atoms with Gasteiger partial charge in [0.2, 0.25) is 0 Å². The minimum Gasteiger partial charge on any atom is -0.326 e. The van der Waals surface area contributed by atoms with Crippen LogP contribution >= 0.6 is 23.7 Å². The fourth-order valence-electron chi connectivity index (χ4n) is 1.40. The van der Waals surface area contributed by atoms with E-state index >= 15 is 0 Å². The molecule has 2 N–H and O–H groups in total. The van der Waals surface area contributed by atoms with Crippen molar-refractivity contribution in [3.05, 3.63) is 46.8 Å². The molecule has 0 fully saturated rings. The summed E-state index contributed by atoms with van der Waals surface area (Å²) < 4.78 is 0. The molecule has 1 heterocycles. The number of nitrogens with two attached hydrogens (primary N) is 1. The van der Waals surface area contributed by atoms with Gasteiger partial charge in [-0.25, -0.2) is 0 Å². The second-order valence-corrected chi connectivity index (χ2v) is 4.26. The number of hydrogen-bond donors (Lipinski definition) is 1. The Balaban J connectivity index is 0.00000128. The Hall–Kier alpha value is -1.34. The van der Waals surface area contributed by atoms with E-state index in [1.165, 1.54) is 11.3 Å². The molecule has 2 aromatic rings. The van der Waals surface area contributed by atoms with Crippen LogP contribution in [0.5, 0.6) is 0 Å². The summed E-state index contributed by atoms with van der Waals surface area (Å²) in [5.74, 6) is 0. The van der Waals surface area contributed by atoms with Crippen LogP contribution in [0.25, 0.3) is 10.4 Å². The molecule has 0 saturated heterocycles. The second-order valence-electron chi connectivity index (χ2n) is 3.18. The number of benzene rings is 1. The van der Waals surface area contributed by atoms with Crippen molar-refractivity contribution in [3.63, 3.8) is 0 Å². The molecule has 0 aliphatic rings. The summed E-state index contributed by atoms with van der Waals surface area (Å²) in [5, 5.41) is 8.74. The standard InChI is InChI=1S/C12H10N2S.ClH/c13-7-9-2-1-3-10(6-9)12-5-4-11(8-14)15-12;/h1-6H,7,13H2;1H. The molecule has 0 unspecified atom stereocenters. The fraction of sp³-hybridized carbons (Fsp3) is 0.0833. The molecule has 0 aliphatic carbocycles. The Morgan fingerprint density at radius 3 is 2.69 bits per heavy atom.